The molecule has 1 N–H and O–H groups in total. The molecule has 2 bridgehead atoms. The van der Waals surface area contributed by atoms with Gasteiger partial charge in [-0.2, -0.15) is 0 Å². The maximum atomic E-state index is 3.56. The first-order valence-electron chi connectivity index (χ1n) is 5.21. The average molecular weight is 204 g/mol. The number of rotatable bonds is 1. The van der Waals surface area contributed by atoms with Crippen LogP contribution in [-0.2, 0) is 0 Å². The first-order valence-corrected chi connectivity index (χ1v) is 5.21. The van der Waals surface area contributed by atoms with Gasteiger partial charge in [0, 0.05) is 5.54 Å². The van der Waals surface area contributed by atoms with E-state index in [1.54, 1.807) is 0 Å². The quantitative estimate of drug-likeness (QED) is 0.691. The van der Waals surface area contributed by atoms with Gasteiger partial charge in [0.2, 0.25) is 0 Å². The molecule has 0 aromatic heterocycles. The summed E-state index contributed by atoms with van der Waals surface area (Å²) in [7, 11) is 2.13. The van der Waals surface area contributed by atoms with Gasteiger partial charge in [-0.25, -0.2) is 0 Å². The second-order valence-corrected chi connectivity index (χ2v) is 5.38. The van der Waals surface area contributed by atoms with Crippen molar-refractivity contribution < 1.29 is 0 Å². The van der Waals surface area contributed by atoms with E-state index < -0.39 is 0 Å². The van der Waals surface area contributed by atoms with Crippen molar-refractivity contribution in [1.82, 2.24) is 5.32 Å². The lowest BCUT2D eigenvalue weighted by Crippen LogP contribution is -2.55. The van der Waals surface area contributed by atoms with Gasteiger partial charge >= 0.3 is 0 Å². The fourth-order valence-electron chi connectivity index (χ4n) is 3.64. The summed E-state index contributed by atoms with van der Waals surface area (Å²) in [6.07, 6.45) is 4.38. The van der Waals surface area contributed by atoms with Gasteiger partial charge in [0.25, 0.3) is 0 Å². The molecular weight excluding hydrogens is 182 g/mol. The van der Waals surface area contributed by atoms with Crippen molar-refractivity contribution in [3.05, 3.63) is 0 Å². The van der Waals surface area contributed by atoms with Gasteiger partial charge in [0.05, 0.1) is 0 Å². The fraction of sp³-hybridized carbons (Fsp3) is 1.00. The molecule has 2 rings (SSSR count). The minimum absolute atomic E-state index is 0. The summed E-state index contributed by atoms with van der Waals surface area (Å²) in [4.78, 5) is 0. The molecule has 1 unspecified atom stereocenters. The van der Waals surface area contributed by atoms with Crippen LogP contribution in [0, 0.1) is 17.3 Å². The van der Waals surface area contributed by atoms with E-state index >= 15 is 0 Å². The summed E-state index contributed by atoms with van der Waals surface area (Å²) in [5.74, 6) is 1.91. The third-order valence-electron chi connectivity index (χ3n) is 5.13. The number of hydrogen-bond donors (Lipinski definition) is 1. The molecule has 2 heteroatoms. The normalized spacial score (nSPS) is 46.2. The largest absolute Gasteiger partial charge is 0.314 e. The van der Waals surface area contributed by atoms with Crippen LogP contribution in [0.4, 0.5) is 0 Å². The molecule has 0 aromatic rings. The zero-order valence-electron chi connectivity index (χ0n) is 9.18. The Kier molecular flexibility index (Phi) is 2.73. The van der Waals surface area contributed by atoms with E-state index in [4.69, 9.17) is 0 Å². The van der Waals surface area contributed by atoms with Gasteiger partial charge in [-0.15, -0.1) is 12.4 Å². The molecule has 3 atom stereocenters. The highest BCUT2D eigenvalue weighted by Crippen LogP contribution is 2.60. The summed E-state index contributed by atoms with van der Waals surface area (Å²) in [5, 5.41) is 3.56. The molecule has 0 spiro atoms. The predicted octanol–water partition coefficient (Wildman–Crippen LogP) is 2.84. The molecule has 0 saturated heterocycles. The summed E-state index contributed by atoms with van der Waals surface area (Å²) in [6.45, 7) is 7.29. The van der Waals surface area contributed by atoms with Gasteiger partial charge < -0.3 is 5.32 Å². The molecule has 0 amide bonds. The molecule has 2 aliphatic carbocycles. The van der Waals surface area contributed by atoms with Gasteiger partial charge in [-0.3, -0.25) is 0 Å². The highest BCUT2D eigenvalue weighted by Gasteiger charge is 2.59. The minimum Gasteiger partial charge on any atom is -0.314 e. The maximum absolute atomic E-state index is 3.56. The van der Waals surface area contributed by atoms with Gasteiger partial charge in [-0.05, 0) is 50.5 Å². The summed E-state index contributed by atoms with van der Waals surface area (Å²) in [5.41, 5.74) is 0.903. The molecule has 2 aliphatic rings. The van der Waals surface area contributed by atoms with Gasteiger partial charge in [0.15, 0.2) is 0 Å². The second kappa shape index (κ2) is 3.13. The molecule has 1 nitrogen and oxygen atoms in total. The second-order valence-electron chi connectivity index (χ2n) is 5.38. The number of nitrogens with one attached hydrogen (secondary N) is 1. The SMILES string of the molecule is CNC1(C)[C@H]2CC[C@H](C2)C1(C)C.Cl. The highest BCUT2D eigenvalue weighted by atomic mass is 35.5. The smallest absolute Gasteiger partial charge is 0.0232 e. The van der Waals surface area contributed by atoms with E-state index in [9.17, 15) is 0 Å². The van der Waals surface area contributed by atoms with Crippen LogP contribution in [-0.4, -0.2) is 12.6 Å². The molecule has 2 fully saturated rings. The molecular formula is C11H22ClN. The Labute approximate surface area is 88.1 Å². The van der Waals surface area contributed by atoms with Crippen LogP contribution in [0.15, 0.2) is 0 Å². The average Bonchev–Trinajstić information content (AvgIpc) is 2.55. The Bertz CT molecular complexity index is 202. The molecule has 0 aliphatic heterocycles. The van der Waals surface area contributed by atoms with Crippen LogP contribution >= 0.6 is 12.4 Å². The lowest BCUT2D eigenvalue weighted by Gasteiger charge is -2.47. The highest BCUT2D eigenvalue weighted by molar-refractivity contribution is 5.85. The molecule has 2 saturated carbocycles. The van der Waals surface area contributed by atoms with Gasteiger partial charge in [0.1, 0.15) is 0 Å². The molecule has 0 heterocycles. The maximum Gasteiger partial charge on any atom is 0.0232 e. The monoisotopic (exact) mass is 203 g/mol. The van der Waals surface area contributed by atoms with E-state index in [2.05, 4.69) is 33.1 Å². The molecule has 78 valence electrons. The van der Waals surface area contributed by atoms with Crippen LogP contribution < -0.4 is 5.32 Å². The van der Waals surface area contributed by atoms with Crippen molar-refractivity contribution in [3.63, 3.8) is 0 Å². The molecule has 13 heavy (non-hydrogen) atoms. The predicted molar refractivity (Wildman–Crippen MR) is 59.3 cm³/mol. The van der Waals surface area contributed by atoms with E-state index in [-0.39, 0.29) is 12.4 Å². The van der Waals surface area contributed by atoms with E-state index in [1.807, 2.05) is 0 Å². The van der Waals surface area contributed by atoms with Crippen molar-refractivity contribution in [2.75, 3.05) is 7.05 Å². The Morgan fingerprint density at radius 3 is 1.92 bits per heavy atom. The lowest BCUT2D eigenvalue weighted by atomic mass is 9.64. The standard InChI is InChI=1S/C11H21N.ClH/c1-10(2)8-5-6-9(7-8)11(10,3)12-4;/h8-9,12H,5-7H2,1-4H3;1H/t8-,9+,11?;/m1./s1. The van der Waals surface area contributed by atoms with E-state index in [1.165, 1.54) is 19.3 Å². The Morgan fingerprint density at radius 2 is 1.62 bits per heavy atom. The van der Waals surface area contributed by atoms with Crippen LogP contribution in [0.5, 0.6) is 0 Å². The van der Waals surface area contributed by atoms with Crippen molar-refractivity contribution in [1.29, 1.82) is 0 Å². The summed E-state index contributed by atoms with van der Waals surface area (Å²) >= 11 is 0. The van der Waals surface area contributed by atoms with Crippen LogP contribution in [0.3, 0.4) is 0 Å². The summed E-state index contributed by atoms with van der Waals surface area (Å²) < 4.78 is 0. The Balaban J connectivity index is 0.000000845. The third kappa shape index (κ3) is 1.16. The molecule has 0 radical (unpaired) electrons. The van der Waals surface area contributed by atoms with Crippen LogP contribution in [0.1, 0.15) is 40.0 Å². The van der Waals surface area contributed by atoms with Crippen LogP contribution in [0.25, 0.3) is 0 Å². The van der Waals surface area contributed by atoms with E-state index in [0.717, 1.165) is 11.8 Å². The minimum atomic E-state index is 0. The fourth-order valence-corrected chi connectivity index (χ4v) is 3.64. The number of hydrogen-bond acceptors (Lipinski definition) is 1. The topological polar surface area (TPSA) is 12.0 Å². The number of fused-ring (bicyclic) bond motifs is 2. The van der Waals surface area contributed by atoms with Crippen LogP contribution in [0.2, 0.25) is 0 Å². The van der Waals surface area contributed by atoms with Crippen molar-refractivity contribution in [3.8, 4) is 0 Å². The zero-order valence-corrected chi connectivity index (χ0v) is 10.0. The molecule has 0 aromatic carbocycles. The number of halogens is 1. The first-order chi connectivity index (χ1) is 5.52. The lowest BCUT2D eigenvalue weighted by molar-refractivity contribution is 0.0732. The van der Waals surface area contributed by atoms with Gasteiger partial charge in [-0.1, -0.05) is 13.8 Å². The Morgan fingerprint density at radius 1 is 1.08 bits per heavy atom. The van der Waals surface area contributed by atoms with Crippen molar-refractivity contribution in [2.24, 2.45) is 17.3 Å². The summed E-state index contributed by atoms with van der Waals surface area (Å²) in [6, 6.07) is 0. The van der Waals surface area contributed by atoms with Crippen molar-refractivity contribution in [2.45, 2.75) is 45.6 Å². The third-order valence-corrected chi connectivity index (χ3v) is 5.13. The van der Waals surface area contributed by atoms with E-state index in [0.29, 0.717) is 11.0 Å². The Hall–Kier alpha value is 0.250. The zero-order chi connectivity index (χ0) is 8.98. The van der Waals surface area contributed by atoms with Crippen molar-refractivity contribution >= 4 is 12.4 Å². The first kappa shape index (κ1) is 11.3.